The van der Waals surface area contributed by atoms with Crippen molar-refractivity contribution in [3.63, 3.8) is 0 Å². The molecule has 32 heavy (non-hydrogen) atoms. The third-order valence-corrected chi connectivity index (χ3v) is 12.4. The van der Waals surface area contributed by atoms with Gasteiger partial charge in [-0.05, 0) is 68.3 Å². The third-order valence-electron chi connectivity index (χ3n) is 8.76. The summed E-state index contributed by atoms with van der Waals surface area (Å²) >= 11 is 3.53. The molecule has 4 aliphatic carbocycles. The standard InChI is InChI=1S/C25H34F2O3S2/c1-5-31-24(32-13-12-26)11-9-19-20-7-6-17-14-18(29)8-10-22(17,3)25(20,27)21(30-16(2)28)15-23(19,24)4/h8,10,14,19-21H,5-7,9,11-13,15H2,1-4H3/t19-,20-,21-,22-,23-,24+,25-/m0/s1. The van der Waals surface area contributed by atoms with Crippen molar-refractivity contribution in [2.45, 2.75) is 75.7 Å². The number of thioether (sulfide) groups is 2. The zero-order valence-electron chi connectivity index (χ0n) is 19.4. The van der Waals surface area contributed by atoms with Crippen molar-refractivity contribution in [1.29, 1.82) is 0 Å². The van der Waals surface area contributed by atoms with Crippen molar-refractivity contribution < 1.29 is 23.1 Å². The third kappa shape index (κ3) is 3.27. The van der Waals surface area contributed by atoms with Gasteiger partial charge in [0.15, 0.2) is 11.5 Å². The van der Waals surface area contributed by atoms with Gasteiger partial charge in [0.1, 0.15) is 6.10 Å². The molecule has 178 valence electrons. The van der Waals surface area contributed by atoms with Crippen molar-refractivity contribution in [3.05, 3.63) is 23.8 Å². The predicted octanol–water partition coefficient (Wildman–Crippen LogP) is 6.08. The molecule has 0 aromatic carbocycles. The van der Waals surface area contributed by atoms with Gasteiger partial charge in [-0.15, -0.1) is 23.5 Å². The zero-order chi connectivity index (χ0) is 23.4. The van der Waals surface area contributed by atoms with Crippen LogP contribution in [0.15, 0.2) is 23.8 Å². The van der Waals surface area contributed by atoms with Gasteiger partial charge in [0.2, 0.25) is 0 Å². The highest BCUT2D eigenvalue weighted by molar-refractivity contribution is 8.18. The van der Waals surface area contributed by atoms with Crippen LogP contribution in [-0.2, 0) is 14.3 Å². The summed E-state index contributed by atoms with van der Waals surface area (Å²) in [4.78, 5) is 24.2. The number of allylic oxidation sites excluding steroid dienone is 4. The van der Waals surface area contributed by atoms with E-state index in [0.29, 0.717) is 25.0 Å². The van der Waals surface area contributed by atoms with E-state index in [9.17, 15) is 14.0 Å². The Morgan fingerprint density at radius 1 is 1.25 bits per heavy atom. The predicted molar refractivity (Wildman–Crippen MR) is 127 cm³/mol. The highest BCUT2D eigenvalue weighted by Gasteiger charge is 2.74. The summed E-state index contributed by atoms with van der Waals surface area (Å²) in [6.07, 6.45) is 7.39. The van der Waals surface area contributed by atoms with Crippen molar-refractivity contribution >= 4 is 35.3 Å². The van der Waals surface area contributed by atoms with Crippen molar-refractivity contribution in [3.8, 4) is 0 Å². The summed E-state index contributed by atoms with van der Waals surface area (Å²) in [7, 11) is 0. The van der Waals surface area contributed by atoms with Crippen LogP contribution in [0.4, 0.5) is 8.78 Å². The second kappa shape index (κ2) is 8.44. The van der Waals surface area contributed by atoms with Crippen molar-refractivity contribution in [2.75, 3.05) is 18.2 Å². The molecule has 0 spiro atoms. The zero-order valence-corrected chi connectivity index (χ0v) is 21.1. The molecular formula is C25H34F2O3S2. The lowest BCUT2D eigenvalue weighted by Crippen LogP contribution is -2.68. The molecule has 3 nitrogen and oxygen atoms in total. The minimum atomic E-state index is -1.78. The number of hydrogen-bond donors (Lipinski definition) is 0. The van der Waals surface area contributed by atoms with Gasteiger partial charge in [-0.1, -0.05) is 25.5 Å². The molecule has 3 fully saturated rings. The van der Waals surface area contributed by atoms with Crippen LogP contribution in [0.2, 0.25) is 0 Å². The molecule has 7 atom stereocenters. The molecule has 0 aromatic rings. The Labute approximate surface area is 198 Å². The maximum atomic E-state index is 17.6. The van der Waals surface area contributed by atoms with E-state index in [1.165, 1.54) is 13.0 Å². The molecule has 3 saturated carbocycles. The average Bonchev–Trinajstić information content (AvgIpc) is 3.00. The number of carbonyl (C=O) groups is 2. The summed E-state index contributed by atoms with van der Waals surface area (Å²) in [5.74, 6) is 0.582. The summed E-state index contributed by atoms with van der Waals surface area (Å²) < 4.78 is 36.5. The van der Waals surface area contributed by atoms with E-state index < -0.39 is 23.2 Å². The lowest BCUT2D eigenvalue weighted by Gasteiger charge is -2.63. The van der Waals surface area contributed by atoms with E-state index in [-0.39, 0.29) is 33.8 Å². The van der Waals surface area contributed by atoms with Gasteiger partial charge in [0, 0.05) is 24.0 Å². The Balaban J connectivity index is 1.83. The van der Waals surface area contributed by atoms with Gasteiger partial charge in [0.25, 0.3) is 0 Å². The quantitative estimate of drug-likeness (QED) is 0.338. The number of esters is 1. The first-order chi connectivity index (χ1) is 15.1. The van der Waals surface area contributed by atoms with E-state index in [1.807, 2.05) is 18.7 Å². The topological polar surface area (TPSA) is 43.4 Å². The van der Waals surface area contributed by atoms with Crippen LogP contribution >= 0.6 is 23.5 Å². The highest BCUT2D eigenvalue weighted by atomic mass is 32.2. The number of hydrogen-bond acceptors (Lipinski definition) is 5. The summed E-state index contributed by atoms with van der Waals surface area (Å²) in [6.45, 7) is 7.17. The number of rotatable bonds is 6. The molecule has 0 saturated heterocycles. The molecule has 0 N–H and O–H groups in total. The summed E-state index contributed by atoms with van der Waals surface area (Å²) in [5, 5.41) is 0. The SMILES string of the molecule is CCS[C@@]1(SCCF)CC[C@H]2[C@@H]3CCC4=CC(=O)C=C[C@]4(C)[C@@]3(F)[C@@H](OC(C)=O)C[C@@]21C. The van der Waals surface area contributed by atoms with Crippen LogP contribution in [-0.4, -0.2) is 45.8 Å². The molecule has 0 aliphatic heterocycles. The van der Waals surface area contributed by atoms with Gasteiger partial charge in [-0.2, -0.15) is 0 Å². The van der Waals surface area contributed by atoms with Gasteiger partial charge < -0.3 is 4.74 Å². The molecule has 0 heterocycles. The summed E-state index contributed by atoms with van der Waals surface area (Å²) in [5.41, 5.74) is -2.22. The summed E-state index contributed by atoms with van der Waals surface area (Å²) in [6, 6.07) is 0. The molecule has 4 rings (SSSR count). The first-order valence-corrected chi connectivity index (χ1v) is 13.7. The van der Waals surface area contributed by atoms with E-state index in [2.05, 4.69) is 13.8 Å². The van der Waals surface area contributed by atoms with E-state index in [4.69, 9.17) is 4.74 Å². The molecular weight excluding hydrogens is 450 g/mol. The fraction of sp³-hybridized carbons (Fsp3) is 0.760. The molecule has 0 aromatic heterocycles. The van der Waals surface area contributed by atoms with Gasteiger partial charge in [-0.25, -0.2) is 4.39 Å². The van der Waals surface area contributed by atoms with Crippen LogP contribution < -0.4 is 0 Å². The Bertz CT molecular complexity index is 860. The highest BCUT2D eigenvalue weighted by Crippen LogP contribution is 2.74. The number of alkyl halides is 2. The molecule has 0 radical (unpaired) electrons. The van der Waals surface area contributed by atoms with Crippen LogP contribution in [0.25, 0.3) is 0 Å². The first kappa shape index (κ1) is 24.3. The molecule has 0 bridgehead atoms. The number of ether oxygens (including phenoxy) is 1. The van der Waals surface area contributed by atoms with E-state index in [0.717, 1.165) is 24.2 Å². The number of halogens is 2. The average molecular weight is 485 g/mol. The fourth-order valence-corrected chi connectivity index (χ4v) is 10.9. The maximum Gasteiger partial charge on any atom is 0.303 e. The van der Waals surface area contributed by atoms with Crippen molar-refractivity contribution in [2.24, 2.45) is 22.7 Å². The Morgan fingerprint density at radius 3 is 2.66 bits per heavy atom. The van der Waals surface area contributed by atoms with E-state index >= 15 is 4.39 Å². The normalized spacial score (nSPS) is 45.0. The lowest BCUT2D eigenvalue weighted by atomic mass is 9.46. The molecule has 4 aliphatic rings. The molecule has 7 heteroatoms. The Morgan fingerprint density at radius 2 is 2.00 bits per heavy atom. The minimum absolute atomic E-state index is 0.105. The number of ketones is 1. The van der Waals surface area contributed by atoms with Crippen molar-refractivity contribution in [1.82, 2.24) is 0 Å². The number of carbonyl (C=O) groups excluding carboxylic acids is 2. The van der Waals surface area contributed by atoms with Crippen LogP contribution in [0, 0.1) is 22.7 Å². The number of fused-ring (bicyclic) bond motifs is 5. The molecule has 0 unspecified atom stereocenters. The Hall–Kier alpha value is -0.820. The maximum absolute atomic E-state index is 17.6. The smallest absolute Gasteiger partial charge is 0.303 e. The second-order valence-corrected chi connectivity index (χ2v) is 13.3. The fourth-order valence-electron chi connectivity index (χ4n) is 7.40. The van der Waals surface area contributed by atoms with Crippen LogP contribution in [0.3, 0.4) is 0 Å². The van der Waals surface area contributed by atoms with E-state index in [1.54, 1.807) is 23.9 Å². The Kier molecular flexibility index (Phi) is 6.41. The van der Waals surface area contributed by atoms with Gasteiger partial charge in [0.05, 0.1) is 10.8 Å². The van der Waals surface area contributed by atoms with Gasteiger partial charge >= 0.3 is 5.97 Å². The van der Waals surface area contributed by atoms with Gasteiger partial charge in [-0.3, -0.25) is 14.0 Å². The second-order valence-electron chi connectivity index (χ2n) is 10.1. The first-order valence-electron chi connectivity index (χ1n) is 11.7. The van der Waals surface area contributed by atoms with Crippen LogP contribution in [0.1, 0.15) is 59.8 Å². The van der Waals surface area contributed by atoms with Crippen LogP contribution in [0.5, 0.6) is 0 Å². The monoisotopic (exact) mass is 484 g/mol. The molecule has 0 amide bonds. The minimum Gasteiger partial charge on any atom is -0.459 e. The lowest BCUT2D eigenvalue weighted by molar-refractivity contribution is -0.209. The largest absolute Gasteiger partial charge is 0.459 e.